The Hall–Kier alpha value is 3.55. The molecule has 0 aromatic rings. The summed E-state index contributed by atoms with van der Waals surface area (Å²) in [5, 5.41) is 1.20. The van der Waals surface area contributed by atoms with E-state index in [-0.39, 0.29) is 37.9 Å². The second kappa shape index (κ2) is 25.4. The summed E-state index contributed by atoms with van der Waals surface area (Å²) >= 11 is 28.0. The molecule has 1 rings (SSSR count). The van der Waals surface area contributed by atoms with Gasteiger partial charge in [-0.05, 0) is 85.3 Å². The Kier molecular flexibility index (Phi) is 31.5. The summed E-state index contributed by atoms with van der Waals surface area (Å²) < 4.78 is 3.06. The predicted molar refractivity (Wildman–Crippen MR) is 289 cm³/mol. The summed E-state index contributed by atoms with van der Waals surface area (Å²) in [5.74, 6) is 0. The van der Waals surface area contributed by atoms with Crippen molar-refractivity contribution in [2.75, 3.05) is 5.08 Å². The van der Waals surface area contributed by atoms with Crippen LogP contribution in [-0.4, -0.2) is 57.4 Å². The Balaban J connectivity index is -0.000000172. The van der Waals surface area contributed by atoms with Crippen LogP contribution in [0.3, 0.4) is 0 Å². The van der Waals surface area contributed by atoms with Crippen molar-refractivity contribution in [2.45, 2.75) is 241 Å². The van der Waals surface area contributed by atoms with Crippen molar-refractivity contribution in [1.82, 2.24) is 0 Å². The van der Waals surface area contributed by atoms with E-state index in [1.165, 1.54) is 19.9 Å². The molecule has 0 radical (unpaired) electrons. The van der Waals surface area contributed by atoms with Gasteiger partial charge in [0.05, 0.1) is 0 Å². The molecule has 1 fully saturated rings. The van der Waals surface area contributed by atoms with E-state index in [9.17, 15) is 0 Å². The fourth-order valence-electron chi connectivity index (χ4n) is 2.35. The van der Waals surface area contributed by atoms with Gasteiger partial charge in [-0.1, -0.05) is 179 Å². The van der Waals surface area contributed by atoms with Crippen molar-refractivity contribution in [3.05, 3.63) is 0 Å². The number of rotatable bonds is 4. The topological polar surface area (TPSA) is 0 Å². The molecule has 1 saturated heterocycles. The highest BCUT2D eigenvalue weighted by molar-refractivity contribution is 8.77. The van der Waals surface area contributed by atoms with Gasteiger partial charge < -0.3 is 0 Å². The van der Waals surface area contributed by atoms with E-state index in [1.54, 1.807) is 0 Å². The average Bonchev–Trinajstić information content (AvgIpc) is 3.19. The van der Waals surface area contributed by atoms with Gasteiger partial charge in [-0.25, -0.2) is 0 Å². The predicted octanol–water partition coefficient (Wildman–Crippen LogP) is 15.4. The molecular formula is C40H88S12. The minimum absolute atomic E-state index is 0.00386. The molecule has 0 saturated carbocycles. The van der Waals surface area contributed by atoms with Crippen molar-refractivity contribution < 1.29 is 0 Å². The van der Waals surface area contributed by atoms with Gasteiger partial charge in [0, 0.05) is 52.6 Å². The molecule has 0 N–H and O–H groups in total. The van der Waals surface area contributed by atoms with Crippen LogP contribution in [0.2, 0.25) is 0 Å². The highest BCUT2D eigenvalue weighted by Gasteiger charge is 2.59. The molecule has 0 atom stereocenters. The smallest absolute Gasteiger partial charge is 0.0402 e. The highest BCUT2D eigenvalue weighted by atomic mass is 33.1. The second-order valence-electron chi connectivity index (χ2n) is 20.9. The maximum absolute atomic E-state index is 5.44. The first-order valence-corrected chi connectivity index (χ1v) is 29.1. The molecule has 0 spiro atoms. The summed E-state index contributed by atoms with van der Waals surface area (Å²) in [5.41, 5.74) is 0. The molecule has 1 heterocycles. The van der Waals surface area contributed by atoms with Crippen LogP contribution in [0.5, 0.6) is 0 Å². The van der Waals surface area contributed by atoms with Gasteiger partial charge in [0.25, 0.3) is 0 Å². The number of thiol groups is 2. The number of thioether (sulfide) groups is 2. The average molecular weight is 954 g/mol. The molecule has 0 nitrogen and oxygen atoms in total. The van der Waals surface area contributed by atoms with Gasteiger partial charge in [-0.15, -0.1) is 42.4 Å². The minimum atomic E-state index is -0.00386. The van der Waals surface area contributed by atoms with E-state index < -0.39 is 0 Å². The third kappa shape index (κ3) is 40.3. The van der Waals surface area contributed by atoms with Crippen LogP contribution in [0.15, 0.2) is 0 Å². The third-order valence-corrected chi connectivity index (χ3v) is 26.7. The molecule has 1 aliphatic rings. The molecule has 52 heavy (non-hydrogen) atoms. The monoisotopic (exact) mass is 952 g/mol. The normalized spacial score (nSPS) is 16.1. The van der Waals surface area contributed by atoms with E-state index in [4.69, 9.17) is 22.4 Å². The molecule has 0 aromatic heterocycles. The van der Waals surface area contributed by atoms with E-state index in [2.05, 4.69) is 216 Å². The summed E-state index contributed by atoms with van der Waals surface area (Å²) in [6.45, 7) is 61.6. The lowest BCUT2D eigenvalue weighted by Crippen LogP contribution is -2.35. The Morgan fingerprint density at radius 3 is 0.788 bits per heavy atom. The first-order valence-electron chi connectivity index (χ1n) is 18.0. The molecule has 0 aromatic carbocycles. The second-order valence-corrected chi connectivity index (χ2v) is 40.0. The van der Waals surface area contributed by atoms with Crippen molar-refractivity contribution in [3.8, 4) is 0 Å². The molecule has 320 valence electrons. The number of hydrogen-bond donors (Lipinski definition) is 2. The number of hydrogen-bond acceptors (Lipinski definition) is 9. The lowest BCUT2D eigenvalue weighted by atomic mass is 9.98. The van der Waals surface area contributed by atoms with E-state index >= 15 is 0 Å². The van der Waals surface area contributed by atoms with Crippen LogP contribution >= 0.6 is 70.4 Å². The lowest BCUT2D eigenvalue weighted by Gasteiger charge is -2.32. The van der Waals surface area contributed by atoms with Crippen LogP contribution in [0, 0.1) is 0 Å². The minimum Gasteiger partial charge on any atom is -0.172 e. The Labute approximate surface area is 380 Å². The largest absolute Gasteiger partial charge is 0.172 e. The first kappa shape index (κ1) is 64.7. The van der Waals surface area contributed by atoms with E-state index in [0.717, 1.165) is 0 Å². The maximum Gasteiger partial charge on any atom is 0.0402 e. The van der Waals surface area contributed by atoms with Crippen LogP contribution in [-0.2, 0) is 62.4 Å². The third-order valence-electron chi connectivity index (χ3n) is 6.64. The van der Waals surface area contributed by atoms with Crippen LogP contribution < -0.4 is 0 Å². The quantitative estimate of drug-likeness (QED) is 0.0935. The summed E-state index contributed by atoms with van der Waals surface area (Å²) in [6.07, 6.45) is 0. The zero-order valence-corrected chi connectivity index (χ0v) is 49.1. The lowest BCUT2D eigenvalue weighted by molar-refractivity contribution is 0.561. The van der Waals surface area contributed by atoms with Crippen LogP contribution in [0.1, 0.15) is 194 Å². The van der Waals surface area contributed by atoms with Gasteiger partial charge in [-0.2, -0.15) is 25.3 Å². The van der Waals surface area contributed by atoms with Crippen molar-refractivity contribution >= 4 is 138 Å². The van der Waals surface area contributed by atoms with Crippen LogP contribution in [0.25, 0.3) is 0 Å². The molecule has 0 amide bonds. The summed E-state index contributed by atoms with van der Waals surface area (Å²) in [4.78, 5) is 1.24. The van der Waals surface area contributed by atoms with E-state index in [0.29, 0.717) is 28.5 Å². The van der Waals surface area contributed by atoms with Gasteiger partial charge in [0.2, 0.25) is 0 Å². The summed E-state index contributed by atoms with van der Waals surface area (Å²) in [7, 11) is 5.62. The van der Waals surface area contributed by atoms with Gasteiger partial charge in [0.1, 0.15) is 0 Å². The van der Waals surface area contributed by atoms with Gasteiger partial charge in [0.15, 0.2) is 0 Å². The summed E-state index contributed by atoms with van der Waals surface area (Å²) in [6, 6.07) is 0. The zero-order valence-electron chi connectivity index (χ0n) is 39.2. The van der Waals surface area contributed by atoms with Gasteiger partial charge in [-0.3, -0.25) is 0 Å². The molecule has 0 bridgehead atoms. The molecular weight excluding hydrogens is 865 g/mol. The molecule has 1 aliphatic heterocycles. The maximum atomic E-state index is 5.44. The SMILES string of the molecule is CC(C)(C)S(=S)C(C)(C)C.CC(C)(C)SCSC(C)(C)C.CC(C)(C)SSC(C)(C)C.CC(C)(S)C(C)(C)S.CC(C)=S=S.CC1(C)S(=S)C1(C)C. The Bertz CT molecular complexity index is 997. The molecule has 0 aliphatic carbocycles. The van der Waals surface area contributed by atoms with E-state index in [1.807, 2.05) is 59.0 Å². The van der Waals surface area contributed by atoms with Crippen molar-refractivity contribution in [3.63, 3.8) is 0 Å². The fourth-order valence-corrected chi connectivity index (χ4v) is 12.2. The first-order chi connectivity index (χ1) is 22.0. The van der Waals surface area contributed by atoms with Gasteiger partial charge >= 0.3 is 0 Å². The fraction of sp³-hybridized carbons (Fsp3) is 0.975. The Morgan fingerprint density at radius 2 is 0.731 bits per heavy atom. The molecule has 0 unspecified atom stereocenters. The highest BCUT2D eigenvalue weighted by Crippen LogP contribution is 2.51. The standard InChI is InChI=1S/C9H20S2.2C8H18S2.C6H12S2.C6H14S2.C3H6S2/c1-8(2,3)10-7-11-9(4,5)6;1-7(2,3)10(9)8(4,5)6;1-7(2,3)9-10-8(4,5)6;1-5(2)6(3,4)8(5)7;1-5(2,7)6(3,4)8;1-3(2)5-4/h7H2,1-6H3;2*1-6H3;1-4H3;7-8H,1-4H3;1-2H3. The zero-order chi connectivity index (χ0) is 44.0. The van der Waals surface area contributed by atoms with Crippen molar-refractivity contribution in [2.24, 2.45) is 0 Å². The Morgan fingerprint density at radius 1 is 0.538 bits per heavy atom. The van der Waals surface area contributed by atoms with Crippen LogP contribution in [0.4, 0.5) is 0 Å². The van der Waals surface area contributed by atoms with Crippen molar-refractivity contribution in [1.29, 1.82) is 0 Å². The molecule has 12 heteroatoms.